The quantitative estimate of drug-likeness (QED) is 0.812. The van der Waals surface area contributed by atoms with Crippen molar-refractivity contribution in [1.82, 2.24) is 4.57 Å². The summed E-state index contributed by atoms with van der Waals surface area (Å²) in [5.41, 5.74) is 1.82. The number of aromatic nitrogens is 1. The van der Waals surface area contributed by atoms with Crippen molar-refractivity contribution in [2.45, 2.75) is 19.8 Å². The van der Waals surface area contributed by atoms with Gasteiger partial charge in [-0.25, -0.2) is 4.99 Å². The van der Waals surface area contributed by atoms with E-state index in [1.807, 2.05) is 61.3 Å². The summed E-state index contributed by atoms with van der Waals surface area (Å²) in [7, 11) is 1.96. The van der Waals surface area contributed by atoms with Crippen LogP contribution in [0.4, 0.5) is 5.69 Å². The molecule has 0 amide bonds. The summed E-state index contributed by atoms with van der Waals surface area (Å²) in [6.45, 7) is 4.07. The Bertz CT molecular complexity index is 640. The zero-order valence-electron chi connectivity index (χ0n) is 11.9. The third-order valence-electron chi connectivity index (χ3n) is 3.02. The molecule has 0 aliphatic rings. The largest absolute Gasteiger partial charge is 0.466 e. The molecule has 1 aromatic carbocycles. The Morgan fingerprint density at radius 1 is 1.40 bits per heavy atom. The topological polar surface area (TPSA) is 43.6 Å². The van der Waals surface area contributed by atoms with Crippen LogP contribution < -0.4 is 4.80 Å². The van der Waals surface area contributed by atoms with Gasteiger partial charge < -0.3 is 9.30 Å². The van der Waals surface area contributed by atoms with E-state index in [-0.39, 0.29) is 11.9 Å². The smallest absolute Gasteiger partial charge is 0.313 e. The van der Waals surface area contributed by atoms with Crippen LogP contribution in [0.2, 0.25) is 0 Å². The second-order valence-electron chi connectivity index (χ2n) is 4.47. The Labute approximate surface area is 122 Å². The number of nitrogens with zero attached hydrogens (tertiary/aromatic N) is 2. The van der Waals surface area contributed by atoms with Gasteiger partial charge in [-0.05, 0) is 31.5 Å². The molecule has 0 aliphatic heterocycles. The molecule has 0 aliphatic carbocycles. The fraction of sp³-hybridized carbons (Fsp3) is 0.333. The van der Waals surface area contributed by atoms with Gasteiger partial charge in [0, 0.05) is 18.6 Å². The van der Waals surface area contributed by atoms with Crippen molar-refractivity contribution in [2.24, 2.45) is 12.0 Å². The van der Waals surface area contributed by atoms with E-state index in [9.17, 15) is 4.79 Å². The van der Waals surface area contributed by atoms with E-state index in [1.165, 1.54) is 0 Å². The first-order valence-corrected chi connectivity index (χ1v) is 7.41. The van der Waals surface area contributed by atoms with E-state index in [2.05, 4.69) is 4.99 Å². The highest BCUT2D eigenvalue weighted by atomic mass is 32.1. The van der Waals surface area contributed by atoms with Crippen LogP contribution >= 0.6 is 11.3 Å². The Morgan fingerprint density at radius 3 is 2.65 bits per heavy atom. The van der Waals surface area contributed by atoms with Crippen molar-refractivity contribution >= 4 is 23.0 Å². The fourth-order valence-corrected chi connectivity index (χ4v) is 2.54. The number of aryl methyl sites for hydroxylation is 1. The first kappa shape index (κ1) is 14.5. The van der Waals surface area contributed by atoms with Crippen molar-refractivity contribution in [3.63, 3.8) is 0 Å². The first-order chi connectivity index (χ1) is 9.61. The summed E-state index contributed by atoms with van der Waals surface area (Å²) in [5.74, 6) is -0.441. The minimum atomic E-state index is -0.248. The van der Waals surface area contributed by atoms with Gasteiger partial charge in [0.15, 0.2) is 4.80 Å². The number of benzene rings is 1. The molecule has 0 N–H and O–H groups in total. The van der Waals surface area contributed by atoms with E-state index >= 15 is 0 Å². The van der Waals surface area contributed by atoms with Crippen LogP contribution in [0, 0.1) is 0 Å². The van der Waals surface area contributed by atoms with Crippen molar-refractivity contribution in [2.75, 3.05) is 6.61 Å². The predicted molar refractivity (Wildman–Crippen MR) is 80.0 cm³/mol. The molecule has 0 spiro atoms. The molecule has 1 atom stereocenters. The SMILES string of the molecule is CCOC(=O)C(C)c1ccc(N=c2sccn2C)cc1. The lowest BCUT2D eigenvalue weighted by Crippen LogP contribution is -2.12. The van der Waals surface area contributed by atoms with E-state index < -0.39 is 0 Å². The number of carbonyl (C=O) groups is 1. The maximum Gasteiger partial charge on any atom is 0.313 e. The number of rotatable bonds is 4. The van der Waals surface area contributed by atoms with Crippen LogP contribution in [0.3, 0.4) is 0 Å². The Kier molecular flexibility index (Phi) is 4.74. The van der Waals surface area contributed by atoms with Gasteiger partial charge >= 0.3 is 5.97 Å². The highest BCUT2D eigenvalue weighted by Crippen LogP contribution is 2.20. The highest BCUT2D eigenvalue weighted by molar-refractivity contribution is 7.07. The van der Waals surface area contributed by atoms with E-state index in [1.54, 1.807) is 11.3 Å². The number of carbonyl (C=O) groups excluding carboxylic acids is 1. The first-order valence-electron chi connectivity index (χ1n) is 6.53. The van der Waals surface area contributed by atoms with Gasteiger partial charge in [0.2, 0.25) is 0 Å². The van der Waals surface area contributed by atoms with E-state index in [0.29, 0.717) is 6.61 Å². The van der Waals surface area contributed by atoms with Crippen LogP contribution in [-0.2, 0) is 16.6 Å². The summed E-state index contributed by atoms with van der Waals surface area (Å²) >= 11 is 1.59. The highest BCUT2D eigenvalue weighted by Gasteiger charge is 2.15. The summed E-state index contributed by atoms with van der Waals surface area (Å²) in [4.78, 5) is 17.2. The molecule has 106 valence electrons. The monoisotopic (exact) mass is 290 g/mol. The molecule has 2 aromatic rings. The Balaban J connectivity index is 2.19. The summed E-state index contributed by atoms with van der Waals surface area (Å²) in [6, 6.07) is 7.69. The normalized spacial score (nSPS) is 13.2. The third kappa shape index (κ3) is 3.36. The third-order valence-corrected chi connectivity index (χ3v) is 3.87. The van der Waals surface area contributed by atoms with Crippen molar-refractivity contribution in [3.8, 4) is 0 Å². The molecule has 0 bridgehead atoms. The molecule has 1 heterocycles. The average molecular weight is 290 g/mol. The number of ether oxygens (including phenoxy) is 1. The van der Waals surface area contributed by atoms with Gasteiger partial charge in [-0.1, -0.05) is 12.1 Å². The minimum absolute atomic E-state index is 0.193. The molecule has 1 unspecified atom stereocenters. The molecule has 5 heteroatoms. The lowest BCUT2D eigenvalue weighted by Gasteiger charge is -2.10. The standard InChI is InChI=1S/C15H18N2O2S/c1-4-19-14(18)11(2)12-5-7-13(8-6-12)16-15-17(3)9-10-20-15/h5-11H,4H2,1-3H3. The number of esters is 1. The zero-order chi connectivity index (χ0) is 14.5. The fourth-order valence-electron chi connectivity index (χ4n) is 1.79. The van der Waals surface area contributed by atoms with E-state index in [4.69, 9.17) is 4.74 Å². The molecule has 0 fully saturated rings. The van der Waals surface area contributed by atoms with Crippen LogP contribution in [0.1, 0.15) is 25.3 Å². The molecule has 1 aromatic heterocycles. The lowest BCUT2D eigenvalue weighted by molar-refractivity contribution is -0.144. The molecule has 0 saturated heterocycles. The summed E-state index contributed by atoms with van der Waals surface area (Å²) < 4.78 is 7.00. The van der Waals surface area contributed by atoms with E-state index in [0.717, 1.165) is 16.1 Å². The average Bonchev–Trinajstić information content (AvgIpc) is 2.85. The zero-order valence-corrected chi connectivity index (χ0v) is 12.7. The lowest BCUT2D eigenvalue weighted by atomic mass is 10.0. The van der Waals surface area contributed by atoms with Crippen molar-refractivity contribution in [3.05, 3.63) is 46.2 Å². The number of hydrogen-bond acceptors (Lipinski definition) is 4. The molecule has 20 heavy (non-hydrogen) atoms. The molecule has 0 radical (unpaired) electrons. The molecular weight excluding hydrogens is 272 g/mol. The Morgan fingerprint density at radius 2 is 2.10 bits per heavy atom. The summed E-state index contributed by atoms with van der Waals surface area (Å²) in [6.07, 6.45) is 1.97. The Hall–Kier alpha value is -1.88. The minimum Gasteiger partial charge on any atom is -0.466 e. The van der Waals surface area contributed by atoms with Gasteiger partial charge in [0.1, 0.15) is 0 Å². The molecular formula is C15H18N2O2S. The second-order valence-corrected chi connectivity index (χ2v) is 5.35. The predicted octanol–water partition coefficient (Wildman–Crippen LogP) is 2.99. The molecule has 2 rings (SSSR count). The number of hydrogen-bond donors (Lipinski definition) is 0. The molecule has 4 nitrogen and oxygen atoms in total. The van der Waals surface area contributed by atoms with Crippen LogP contribution in [-0.4, -0.2) is 17.1 Å². The molecule has 0 saturated carbocycles. The van der Waals surface area contributed by atoms with Gasteiger partial charge in [0.25, 0.3) is 0 Å². The van der Waals surface area contributed by atoms with Crippen molar-refractivity contribution < 1.29 is 9.53 Å². The van der Waals surface area contributed by atoms with Crippen LogP contribution in [0.5, 0.6) is 0 Å². The maximum absolute atomic E-state index is 11.7. The van der Waals surface area contributed by atoms with Gasteiger partial charge in [-0.2, -0.15) is 0 Å². The van der Waals surface area contributed by atoms with Gasteiger partial charge in [-0.3, -0.25) is 4.79 Å². The summed E-state index contributed by atoms with van der Waals surface area (Å²) in [5, 5.41) is 2.00. The maximum atomic E-state index is 11.7. The number of thiazole rings is 1. The van der Waals surface area contributed by atoms with Crippen LogP contribution in [0.15, 0.2) is 40.8 Å². The van der Waals surface area contributed by atoms with Crippen LogP contribution in [0.25, 0.3) is 0 Å². The second kappa shape index (κ2) is 6.52. The van der Waals surface area contributed by atoms with Crippen molar-refractivity contribution in [1.29, 1.82) is 0 Å². The van der Waals surface area contributed by atoms with Gasteiger partial charge in [-0.15, -0.1) is 11.3 Å². The van der Waals surface area contributed by atoms with Gasteiger partial charge in [0.05, 0.1) is 18.2 Å².